The van der Waals surface area contributed by atoms with Gasteiger partial charge in [0.05, 0.1) is 21.2 Å². The normalized spacial score (nSPS) is 19.0. The Balaban J connectivity index is 1.71. The summed E-state index contributed by atoms with van der Waals surface area (Å²) >= 11 is 5.66. The van der Waals surface area contributed by atoms with Crippen LogP contribution in [-0.2, 0) is 25.7 Å². The number of hydrogen-bond donors (Lipinski definition) is 5. The smallest absolute Gasteiger partial charge is 0.294 e. The molecule has 2 aromatic rings. The monoisotopic (exact) mass is 638 g/mol. The van der Waals surface area contributed by atoms with Gasteiger partial charge in [-0.25, -0.2) is 0 Å². The van der Waals surface area contributed by atoms with Gasteiger partial charge in [-0.05, 0) is 62.2 Å². The van der Waals surface area contributed by atoms with Crippen LogP contribution in [0.3, 0.4) is 0 Å². The van der Waals surface area contributed by atoms with E-state index in [1.165, 1.54) is 12.1 Å². The Morgan fingerprint density at radius 1 is 1.02 bits per heavy atom. The van der Waals surface area contributed by atoms with E-state index >= 15 is 0 Å². The second kappa shape index (κ2) is 11.4. The average molecular weight is 639 g/mol. The van der Waals surface area contributed by atoms with Crippen LogP contribution in [0.5, 0.6) is 0 Å². The molecule has 0 aliphatic carbocycles. The van der Waals surface area contributed by atoms with Crippen molar-refractivity contribution in [2.45, 2.75) is 49.8 Å². The lowest BCUT2D eigenvalue weighted by Crippen LogP contribution is -2.28. The predicted octanol–water partition coefficient (Wildman–Crippen LogP) is 5.97. The van der Waals surface area contributed by atoms with Crippen LogP contribution in [0.2, 0.25) is 0 Å². The van der Waals surface area contributed by atoms with Crippen LogP contribution in [0.1, 0.15) is 45.2 Å². The van der Waals surface area contributed by atoms with Crippen molar-refractivity contribution < 1.29 is 36.0 Å². The van der Waals surface area contributed by atoms with Gasteiger partial charge < -0.3 is 23.9 Å². The maximum absolute atomic E-state index is 11.9. The summed E-state index contributed by atoms with van der Waals surface area (Å²) in [5, 5.41) is 2.80. The zero-order chi connectivity index (χ0) is 31.3. The number of benzene rings is 2. The first-order chi connectivity index (χ1) is 19.4. The van der Waals surface area contributed by atoms with Crippen molar-refractivity contribution in [3.05, 3.63) is 71.5 Å². The second-order valence-corrected chi connectivity index (χ2v) is 14.9. The predicted molar refractivity (Wildman–Crippen MR) is 168 cm³/mol. The molecular formula is C29H37ClN3O7S2+. The fourth-order valence-electron chi connectivity index (χ4n) is 5.81. The molecule has 10 nitrogen and oxygen atoms in total. The number of carbonyl (C=O) groups excluding carboxylic acids is 1. The van der Waals surface area contributed by atoms with Crippen molar-refractivity contribution in [3.8, 4) is 0 Å². The lowest BCUT2D eigenvalue weighted by molar-refractivity contribution is -0.401. The highest BCUT2D eigenvalue weighted by atomic mass is 35.5. The number of anilines is 2. The Labute approximate surface area is 253 Å². The summed E-state index contributed by atoms with van der Waals surface area (Å²) in [6.45, 7) is 8.43. The SMILES string of the molecule is C[N+]1=C(/C=C/C=C2\N(CCCS(O)(O)O)c3ccc(S(=O)(=O)O)cc3C2(C)C)C(C)(C)c2cc(NC(=O)CCl)ccc21. The number of allylic oxidation sites excluding steroid dienone is 4. The summed E-state index contributed by atoms with van der Waals surface area (Å²) in [5.41, 5.74) is 4.92. The van der Waals surface area contributed by atoms with E-state index in [0.29, 0.717) is 17.8 Å². The van der Waals surface area contributed by atoms with Crippen LogP contribution >= 0.6 is 22.5 Å². The van der Waals surface area contributed by atoms with Gasteiger partial charge in [0.15, 0.2) is 5.71 Å². The number of nitrogens with one attached hydrogen (secondary N) is 1. The number of amides is 1. The van der Waals surface area contributed by atoms with E-state index in [9.17, 15) is 31.4 Å². The highest BCUT2D eigenvalue weighted by Crippen LogP contribution is 2.49. The molecule has 0 spiro atoms. The third-order valence-corrected chi connectivity index (χ3v) is 9.84. The molecule has 4 rings (SSSR count). The molecular weight excluding hydrogens is 602 g/mol. The minimum Gasteiger partial charge on any atom is -0.344 e. The Bertz CT molecular complexity index is 1620. The third-order valence-electron chi connectivity index (χ3n) is 7.91. The van der Waals surface area contributed by atoms with Gasteiger partial charge in [-0.3, -0.25) is 9.35 Å². The molecule has 13 heteroatoms. The van der Waals surface area contributed by atoms with Crippen LogP contribution in [-0.4, -0.2) is 68.0 Å². The molecule has 5 N–H and O–H groups in total. The molecule has 0 radical (unpaired) electrons. The summed E-state index contributed by atoms with van der Waals surface area (Å²) in [4.78, 5) is 13.6. The van der Waals surface area contributed by atoms with Crippen LogP contribution < -0.4 is 10.2 Å². The molecule has 1 amide bonds. The van der Waals surface area contributed by atoms with E-state index in [-0.39, 0.29) is 28.9 Å². The molecule has 0 saturated carbocycles. The first-order valence-electron chi connectivity index (χ1n) is 13.3. The number of halogens is 1. The molecule has 0 unspecified atom stereocenters. The first-order valence-corrected chi connectivity index (χ1v) is 16.9. The maximum Gasteiger partial charge on any atom is 0.294 e. The van der Waals surface area contributed by atoms with Crippen LogP contribution in [0.15, 0.2) is 65.2 Å². The molecule has 2 heterocycles. The van der Waals surface area contributed by atoms with Gasteiger partial charge in [0.2, 0.25) is 11.6 Å². The molecule has 0 fully saturated rings. The molecule has 42 heavy (non-hydrogen) atoms. The number of fused-ring (bicyclic) bond motifs is 2. The van der Waals surface area contributed by atoms with E-state index < -0.39 is 31.8 Å². The molecule has 228 valence electrons. The third kappa shape index (κ3) is 6.30. The lowest BCUT2D eigenvalue weighted by Gasteiger charge is -2.28. The Hall–Kier alpha value is -2.71. The summed E-state index contributed by atoms with van der Waals surface area (Å²) in [6.07, 6.45) is 6.14. The molecule has 2 aliphatic rings. The zero-order valence-corrected chi connectivity index (χ0v) is 26.5. The Morgan fingerprint density at radius 2 is 1.71 bits per heavy atom. The fourth-order valence-corrected chi connectivity index (χ4v) is 6.90. The second-order valence-electron chi connectivity index (χ2n) is 11.5. The van der Waals surface area contributed by atoms with E-state index in [0.717, 1.165) is 28.3 Å². The van der Waals surface area contributed by atoms with Gasteiger partial charge >= 0.3 is 0 Å². The molecule has 0 aromatic heterocycles. The van der Waals surface area contributed by atoms with Gasteiger partial charge in [-0.15, -0.1) is 11.6 Å². The largest absolute Gasteiger partial charge is 0.344 e. The topological polar surface area (TPSA) is 150 Å². The van der Waals surface area contributed by atoms with Gasteiger partial charge in [0.1, 0.15) is 12.9 Å². The molecule has 0 atom stereocenters. The molecule has 0 bridgehead atoms. The van der Waals surface area contributed by atoms with E-state index in [4.69, 9.17) is 11.6 Å². The molecule has 2 aliphatic heterocycles. The minimum atomic E-state index is -4.42. The van der Waals surface area contributed by atoms with Gasteiger partial charge in [0, 0.05) is 52.5 Å². The van der Waals surface area contributed by atoms with E-state index in [1.54, 1.807) is 6.07 Å². The molecule has 0 saturated heterocycles. The number of alkyl halides is 1. The van der Waals surface area contributed by atoms with Crippen molar-refractivity contribution in [2.75, 3.05) is 35.4 Å². The van der Waals surface area contributed by atoms with Crippen LogP contribution in [0, 0.1) is 0 Å². The van der Waals surface area contributed by atoms with Gasteiger partial charge in [-0.1, -0.05) is 19.9 Å². The van der Waals surface area contributed by atoms with Gasteiger partial charge in [-0.2, -0.15) is 13.0 Å². The van der Waals surface area contributed by atoms with Crippen molar-refractivity contribution in [3.63, 3.8) is 0 Å². The average Bonchev–Trinajstić information content (AvgIpc) is 3.21. The first kappa shape index (κ1) is 32.2. The Morgan fingerprint density at radius 3 is 2.33 bits per heavy atom. The van der Waals surface area contributed by atoms with Crippen LogP contribution in [0.4, 0.5) is 17.1 Å². The summed E-state index contributed by atoms with van der Waals surface area (Å²) in [7, 11) is -6.10. The highest BCUT2D eigenvalue weighted by molar-refractivity contribution is 8.19. The van der Waals surface area contributed by atoms with Crippen molar-refractivity contribution in [2.24, 2.45) is 0 Å². The minimum absolute atomic E-state index is 0.133. The number of hydrogen-bond acceptors (Lipinski definition) is 7. The Kier molecular flexibility index (Phi) is 8.76. The number of carbonyl (C=O) groups is 1. The molecule has 2 aromatic carbocycles. The van der Waals surface area contributed by atoms with E-state index in [2.05, 4.69) is 23.7 Å². The highest BCUT2D eigenvalue weighted by Gasteiger charge is 2.44. The van der Waals surface area contributed by atoms with Crippen molar-refractivity contribution in [1.82, 2.24) is 0 Å². The standard InChI is InChI=1S/C29H36ClN3O7S2/c1-28(2)21-16-19(31-27(34)18-30)10-12-23(21)32(5)25(28)8-6-9-26-29(3,4)22-17-20(42(38,39)40)11-13-24(22)33(26)14-7-15-41(35,36)37/h6,8-13,16-17H,7,14-15,18H2,1-5H3,(H4-,31,34,35,36,37,38,39,40)/p+1. The van der Waals surface area contributed by atoms with E-state index in [1.807, 2.05) is 62.2 Å². The quantitative estimate of drug-likeness (QED) is 0.128. The summed E-state index contributed by atoms with van der Waals surface area (Å²) < 4.78 is 64.0. The number of nitrogens with zero attached hydrogens (tertiary/aromatic N) is 2. The van der Waals surface area contributed by atoms with Crippen LogP contribution in [0.25, 0.3) is 0 Å². The van der Waals surface area contributed by atoms with Crippen molar-refractivity contribution >= 4 is 61.3 Å². The zero-order valence-electron chi connectivity index (χ0n) is 24.1. The summed E-state index contributed by atoms with van der Waals surface area (Å²) in [6, 6.07) is 10.2. The fraction of sp³-hybridized carbons (Fsp3) is 0.379. The lowest BCUT2D eigenvalue weighted by atomic mass is 9.81. The summed E-state index contributed by atoms with van der Waals surface area (Å²) in [5.74, 6) is -0.617. The van der Waals surface area contributed by atoms with Gasteiger partial charge in [0.25, 0.3) is 10.1 Å². The maximum atomic E-state index is 11.9. The van der Waals surface area contributed by atoms with Crippen molar-refractivity contribution in [1.29, 1.82) is 0 Å². The number of rotatable bonds is 9.